The van der Waals surface area contributed by atoms with Crippen LogP contribution in [-0.4, -0.2) is 63.0 Å². The molecule has 1 atom stereocenters. The van der Waals surface area contributed by atoms with Gasteiger partial charge < -0.3 is 15.1 Å². The van der Waals surface area contributed by atoms with Crippen molar-refractivity contribution in [2.24, 2.45) is 13.0 Å². The fourth-order valence-corrected chi connectivity index (χ4v) is 5.06. The highest BCUT2D eigenvalue weighted by Gasteiger charge is 2.35. The third kappa shape index (κ3) is 4.82. The van der Waals surface area contributed by atoms with E-state index in [1.807, 2.05) is 19.2 Å². The van der Waals surface area contributed by atoms with E-state index in [-0.39, 0.29) is 23.6 Å². The van der Waals surface area contributed by atoms with Gasteiger partial charge in [-0.05, 0) is 43.4 Å². The Morgan fingerprint density at radius 3 is 2.59 bits per heavy atom. The molecule has 34 heavy (non-hydrogen) atoms. The maximum Gasteiger partial charge on any atom is 0.274 e. The molecule has 0 unspecified atom stereocenters. The quantitative estimate of drug-likeness (QED) is 0.707. The SMILES string of the molecule is Cn1nc(C(=O)N2CCC[C@H](C(=O)NC3CC3)C2)c2c1CCN(C(=O)Cc1ccc(Cl)cc1)C2. The molecule has 1 saturated carbocycles. The van der Waals surface area contributed by atoms with Crippen molar-refractivity contribution in [3.63, 3.8) is 0 Å². The highest BCUT2D eigenvalue weighted by Crippen LogP contribution is 2.27. The highest BCUT2D eigenvalue weighted by atomic mass is 35.5. The van der Waals surface area contributed by atoms with E-state index >= 15 is 0 Å². The zero-order valence-electron chi connectivity index (χ0n) is 19.4. The Hall–Kier alpha value is -2.87. The van der Waals surface area contributed by atoms with Crippen molar-refractivity contribution in [2.45, 2.75) is 51.1 Å². The molecule has 2 fully saturated rings. The van der Waals surface area contributed by atoms with Crippen LogP contribution in [0.15, 0.2) is 24.3 Å². The number of nitrogens with one attached hydrogen (secondary N) is 1. The van der Waals surface area contributed by atoms with Gasteiger partial charge in [-0.15, -0.1) is 0 Å². The number of benzene rings is 1. The van der Waals surface area contributed by atoms with Crippen LogP contribution in [0.3, 0.4) is 0 Å². The number of carbonyl (C=O) groups is 3. The lowest BCUT2D eigenvalue weighted by Crippen LogP contribution is -2.46. The van der Waals surface area contributed by atoms with Crippen molar-refractivity contribution in [1.29, 1.82) is 0 Å². The Morgan fingerprint density at radius 2 is 1.85 bits per heavy atom. The summed E-state index contributed by atoms with van der Waals surface area (Å²) in [6.45, 7) is 2.01. The molecule has 5 rings (SSSR count). The number of hydrogen-bond donors (Lipinski definition) is 1. The van der Waals surface area contributed by atoms with Gasteiger partial charge in [0.05, 0.1) is 12.3 Å². The van der Waals surface area contributed by atoms with Crippen molar-refractivity contribution >= 4 is 29.3 Å². The molecule has 180 valence electrons. The number of amides is 3. The van der Waals surface area contributed by atoms with Gasteiger partial charge in [-0.3, -0.25) is 19.1 Å². The molecular weight excluding hydrogens is 454 g/mol. The Labute approximate surface area is 204 Å². The molecule has 1 aromatic carbocycles. The smallest absolute Gasteiger partial charge is 0.274 e. The van der Waals surface area contributed by atoms with Gasteiger partial charge in [0.15, 0.2) is 5.69 Å². The highest BCUT2D eigenvalue weighted by molar-refractivity contribution is 6.30. The van der Waals surface area contributed by atoms with Crippen LogP contribution >= 0.6 is 11.6 Å². The van der Waals surface area contributed by atoms with E-state index in [9.17, 15) is 14.4 Å². The minimum Gasteiger partial charge on any atom is -0.353 e. The molecule has 1 N–H and O–H groups in total. The molecule has 1 saturated heterocycles. The van der Waals surface area contributed by atoms with Gasteiger partial charge >= 0.3 is 0 Å². The average Bonchev–Trinajstić information content (AvgIpc) is 3.60. The van der Waals surface area contributed by atoms with Crippen molar-refractivity contribution in [2.75, 3.05) is 19.6 Å². The van der Waals surface area contributed by atoms with Crippen molar-refractivity contribution in [1.82, 2.24) is 24.9 Å². The van der Waals surface area contributed by atoms with Crippen LogP contribution in [0.2, 0.25) is 5.02 Å². The molecule has 8 nitrogen and oxygen atoms in total. The summed E-state index contributed by atoms with van der Waals surface area (Å²) in [7, 11) is 1.85. The van der Waals surface area contributed by atoms with Crippen LogP contribution in [0.4, 0.5) is 0 Å². The fraction of sp³-hybridized carbons (Fsp3) is 0.520. The van der Waals surface area contributed by atoms with Crippen LogP contribution < -0.4 is 5.32 Å². The van der Waals surface area contributed by atoms with E-state index in [0.29, 0.717) is 55.8 Å². The number of hydrogen-bond acceptors (Lipinski definition) is 4. The van der Waals surface area contributed by atoms with Crippen LogP contribution in [0.25, 0.3) is 0 Å². The maximum atomic E-state index is 13.5. The number of aryl methyl sites for hydroxylation is 1. The lowest BCUT2D eigenvalue weighted by atomic mass is 9.96. The van der Waals surface area contributed by atoms with E-state index in [4.69, 9.17) is 11.6 Å². The lowest BCUT2D eigenvalue weighted by molar-refractivity contribution is -0.131. The van der Waals surface area contributed by atoms with Gasteiger partial charge in [-0.2, -0.15) is 5.10 Å². The third-order valence-electron chi connectivity index (χ3n) is 7.07. The first-order valence-corrected chi connectivity index (χ1v) is 12.4. The predicted molar refractivity (Wildman–Crippen MR) is 127 cm³/mol. The number of halogens is 1. The number of rotatable bonds is 5. The summed E-state index contributed by atoms with van der Waals surface area (Å²) < 4.78 is 1.77. The molecule has 3 heterocycles. The van der Waals surface area contributed by atoms with Gasteiger partial charge in [-0.25, -0.2) is 0 Å². The Bertz CT molecular complexity index is 1110. The fourth-order valence-electron chi connectivity index (χ4n) is 4.94. The number of likely N-dealkylation sites (tertiary alicyclic amines) is 1. The van der Waals surface area contributed by atoms with Crippen molar-refractivity contribution in [3.8, 4) is 0 Å². The Morgan fingerprint density at radius 1 is 1.09 bits per heavy atom. The molecule has 1 aromatic heterocycles. The average molecular weight is 484 g/mol. The molecule has 9 heteroatoms. The second kappa shape index (κ2) is 9.41. The number of nitrogens with zero attached hydrogens (tertiary/aromatic N) is 4. The van der Waals surface area contributed by atoms with E-state index in [2.05, 4.69) is 10.4 Å². The number of piperidine rings is 1. The largest absolute Gasteiger partial charge is 0.353 e. The molecule has 1 aliphatic carbocycles. The van der Waals surface area contributed by atoms with E-state index in [1.54, 1.807) is 26.6 Å². The minimum atomic E-state index is -0.171. The maximum absolute atomic E-state index is 13.5. The van der Waals surface area contributed by atoms with Crippen molar-refractivity contribution < 1.29 is 14.4 Å². The summed E-state index contributed by atoms with van der Waals surface area (Å²) in [4.78, 5) is 42.6. The summed E-state index contributed by atoms with van der Waals surface area (Å²) in [5.41, 5.74) is 3.14. The monoisotopic (exact) mass is 483 g/mol. The molecule has 3 aliphatic rings. The van der Waals surface area contributed by atoms with Gasteiger partial charge in [0.2, 0.25) is 11.8 Å². The van der Waals surface area contributed by atoms with E-state index in [0.717, 1.165) is 42.5 Å². The summed E-state index contributed by atoms with van der Waals surface area (Å²) in [6.07, 6.45) is 4.65. The van der Waals surface area contributed by atoms with Gasteiger partial charge in [0.25, 0.3) is 5.91 Å². The molecule has 0 spiro atoms. The third-order valence-corrected chi connectivity index (χ3v) is 7.32. The summed E-state index contributed by atoms with van der Waals surface area (Å²) >= 11 is 5.95. The Balaban J connectivity index is 1.28. The van der Waals surface area contributed by atoms with Crippen LogP contribution in [0.5, 0.6) is 0 Å². The van der Waals surface area contributed by atoms with E-state index in [1.165, 1.54) is 0 Å². The number of carbonyl (C=O) groups excluding carboxylic acids is 3. The summed E-state index contributed by atoms with van der Waals surface area (Å²) in [6, 6.07) is 7.61. The first kappa shape index (κ1) is 22.9. The second-order valence-electron chi connectivity index (χ2n) is 9.64. The normalized spacial score (nSPS) is 20.1. The first-order chi connectivity index (χ1) is 16.4. The van der Waals surface area contributed by atoms with Gasteiger partial charge in [-0.1, -0.05) is 23.7 Å². The summed E-state index contributed by atoms with van der Waals surface area (Å²) in [5.74, 6) is -0.241. The molecular formula is C25H30ClN5O3. The second-order valence-corrected chi connectivity index (χ2v) is 10.1. The van der Waals surface area contributed by atoms with Crippen LogP contribution in [-0.2, 0) is 36.0 Å². The first-order valence-electron chi connectivity index (χ1n) is 12.1. The van der Waals surface area contributed by atoms with Crippen LogP contribution in [0, 0.1) is 5.92 Å². The van der Waals surface area contributed by atoms with E-state index < -0.39 is 0 Å². The number of fused-ring (bicyclic) bond motifs is 1. The van der Waals surface area contributed by atoms with Gasteiger partial charge in [0.1, 0.15) is 0 Å². The minimum absolute atomic E-state index is 0.0185. The zero-order chi connectivity index (χ0) is 23.8. The molecule has 3 amide bonds. The lowest BCUT2D eigenvalue weighted by Gasteiger charge is -2.32. The molecule has 2 aromatic rings. The molecule has 2 aliphatic heterocycles. The van der Waals surface area contributed by atoms with Gasteiger partial charge in [0, 0.05) is 62.0 Å². The summed E-state index contributed by atoms with van der Waals surface area (Å²) in [5, 5.41) is 8.27. The van der Waals surface area contributed by atoms with Crippen molar-refractivity contribution in [3.05, 3.63) is 51.8 Å². The van der Waals surface area contributed by atoms with Crippen LogP contribution in [0.1, 0.15) is 53.0 Å². The Kier molecular flexibility index (Phi) is 6.34. The topological polar surface area (TPSA) is 87.5 Å². The zero-order valence-corrected chi connectivity index (χ0v) is 20.2. The standard InChI is InChI=1S/C25H30ClN5O3/c1-29-21-10-12-30(22(32)13-16-4-6-18(26)7-5-16)15-20(21)23(28-29)25(34)31-11-2-3-17(14-31)24(33)27-19-8-9-19/h4-7,17,19H,2-3,8-15H2,1H3,(H,27,33)/t17-/m0/s1. The number of aromatic nitrogens is 2. The molecule has 0 radical (unpaired) electrons. The predicted octanol–water partition coefficient (Wildman–Crippen LogP) is 2.33. The molecule has 0 bridgehead atoms.